The minimum Gasteiger partial charge on any atom is -0.322 e. The summed E-state index contributed by atoms with van der Waals surface area (Å²) in [6.07, 6.45) is 2.34. The highest BCUT2D eigenvalue weighted by Gasteiger charge is 2.39. The number of piperidine rings is 1. The third-order valence-electron chi connectivity index (χ3n) is 4.26. The summed E-state index contributed by atoms with van der Waals surface area (Å²) in [5, 5.41) is 2.31. The number of amides is 3. The smallest absolute Gasteiger partial charge is 0.255 e. The molecule has 2 heterocycles. The van der Waals surface area contributed by atoms with Crippen LogP contribution < -0.4 is 5.32 Å². The molecule has 1 aromatic carbocycles. The minimum absolute atomic E-state index is 0.128. The van der Waals surface area contributed by atoms with Gasteiger partial charge in [0.25, 0.3) is 5.91 Å². The number of nitrogens with zero attached hydrogens (tertiary/aromatic N) is 1. The second-order valence-corrected chi connectivity index (χ2v) is 6.01. The Hall–Kier alpha value is -1.88. The SMILES string of the molecule is O=C1CCC(N2Cc3c(CCCCl)cccc3C2=O)C(=O)N1. The number of nitrogens with one attached hydrogen (secondary N) is 1. The fourth-order valence-corrected chi connectivity index (χ4v) is 3.27. The third-order valence-corrected chi connectivity index (χ3v) is 4.53. The second-order valence-electron chi connectivity index (χ2n) is 5.64. The number of imide groups is 1. The van der Waals surface area contributed by atoms with Crippen LogP contribution in [0.4, 0.5) is 0 Å². The lowest BCUT2D eigenvalue weighted by atomic mass is 10.00. The summed E-state index contributed by atoms with van der Waals surface area (Å²) in [6.45, 7) is 0.429. The van der Waals surface area contributed by atoms with Crippen LogP contribution in [0.5, 0.6) is 0 Å². The molecule has 1 atom stereocenters. The molecule has 116 valence electrons. The van der Waals surface area contributed by atoms with Crippen molar-refractivity contribution in [3.8, 4) is 0 Å². The Morgan fingerprint density at radius 1 is 1.27 bits per heavy atom. The van der Waals surface area contributed by atoms with Crippen LogP contribution in [-0.2, 0) is 22.6 Å². The Bertz CT molecular complexity index is 644. The summed E-state index contributed by atoms with van der Waals surface area (Å²) in [5.41, 5.74) is 2.76. The van der Waals surface area contributed by atoms with Crippen molar-refractivity contribution in [3.05, 3.63) is 34.9 Å². The number of hydrogen-bond acceptors (Lipinski definition) is 3. The molecule has 1 aromatic rings. The van der Waals surface area contributed by atoms with E-state index in [1.807, 2.05) is 12.1 Å². The van der Waals surface area contributed by atoms with Crippen molar-refractivity contribution >= 4 is 29.3 Å². The molecule has 1 saturated heterocycles. The van der Waals surface area contributed by atoms with E-state index in [2.05, 4.69) is 5.32 Å². The van der Waals surface area contributed by atoms with Gasteiger partial charge in [-0.1, -0.05) is 12.1 Å². The average Bonchev–Trinajstić information content (AvgIpc) is 2.83. The number of halogens is 1. The van der Waals surface area contributed by atoms with Gasteiger partial charge in [-0.25, -0.2) is 0 Å². The van der Waals surface area contributed by atoms with E-state index in [1.54, 1.807) is 11.0 Å². The van der Waals surface area contributed by atoms with Crippen molar-refractivity contribution in [3.63, 3.8) is 0 Å². The van der Waals surface area contributed by atoms with Crippen LogP contribution >= 0.6 is 11.6 Å². The zero-order chi connectivity index (χ0) is 15.7. The zero-order valence-corrected chi connectivity index (χ0v) is 12.9. The highest BCUT2D eigenvalue weighted by Crippen LogP contribution is 2.30. The molecule has 5 nitrogen and oxygen atoms in total. The molecule has 2 aliphatic heterocycles. The standard InChI is InChI=1S/C16H17ClN2O3/c17-8-2-4-10-3-1-5-11-12(10)9-19(16(11)22)13-6-7-14(20)18-15(13)21/h1,3,5,13H,2,4,6-9H2,(H,18,20,21). The molecule has 1 unspecified atom stereocenters. The van der Waals surface area contributed by atoms with Crippen molar-refractivity contribution in [2.75, 3.05) is 5.88 Å². The molecular formula is C16H17ClN2O3. The Kier molecular flexibility index (Phi) is 4.16. The number of rotatable bonds is 4. The van der Waals surface area contributed by atoms with E-state index in [0.29, 0.717) is 24.4 Å². The number of hydrogen-bond donors (Lipinski definition) is 1. The third kappa shape index (κ3) is 2.61. The fourth-order valence-electron chi connectivity index (χ4n) is 3.14. The van der Waals surface area contributed by atoms with Gasteiger partial charge in [-0.3, -0.25) is 19.7 Å². The molecule has 1 N–H and O–H groups in total. The Labute approximate surface area is 133 Å². The molecule has 0 radical (unpaired) electrons. The largest absolute Gasteiger partial charge is 0.322 e. The lowest BCUT2D eigenvalue weighted by Gasteiger charge is -2.29. The summed E-state index contributed by atoms with van der Waals surface area (Å²) in [4.78, 5) is 37.4. The van der Waals surface area contributed by atoms with Gasteiger partial charge in [-0.2, -0.15) is 0 Å². The zero-order valence-electron chi connectivity index (χ0n) is 12.1. The lowest BCUT2D eigenvalue weighted by molar-refractivity contribution is -0.136. The van der Waals surface area contributed by atoms with Crippen molar-refractivity contribution in [2.24, 2.45) is 0 Å². The molecule has 0 aromatic heterocycles. The van der Waals surface area contributed by atoms with Gasteiger partial charge >= 0.3 is 0 Å². The Morgan fingerprint density at radius 3 is 2.82 bits per heavy atom. The quantitative estimate of drug-likeness (QED) is 0.677. The predicted octanol–water partition coefficient (Wildman–Crippen LogP) is 1.62. The molecule has 2 aliphatic rings. The van der Waals surface area contributed by atoms with E-state index < -0.39 is 6.04 Å². The van der Waals surface area contributed by atoms with Crippen LogP contribution in [0.3, 0.4) is 0 Å². The number of carbonyl (C=O) groups excluding carboxylic acids is 3. The molecule has 0 aliphatic carbocycles. The summed E-state index contributed by atoms with van der Waals surface area (Å²) < 4.78 is 0. The van der Waals surface area contributed by atoms with Crippen molar-refractivity contribution < 1.29 is 14.4 Å². The summed E-state index contributed by atoms with van der Waals surface area (Å²) in [5.74, 6) is -0.195. The van der Waals surface area contributed by atoms with Crippen molar-refractivity contribution in [1.82, 2.24) is 10.2 Å². The van der Waals surface area contributed by atoms with Gasteiger partial charge in [0.15, 0.2) is 0 Å². The summed E-state index contributed by atoms with van der Waals surface area (Å²) in [6, 6.07) is 5.12. The highest BCUT2D eigenvalue weighted by molar-refractivity contribution is 6.17. The van der Waals surface area contributed by atoms with Crippen LogP contribution in [0.1, 0.15) is 40.7 Å². The van der Waals surface area contributed by atoms with E-state index in [4.69, 9.17) is 11.6 Å². The number of fused-ring (bicyclic) bond motifs is 1. The first kappa shape index (κ1) is 15.0. The number of aryl methyl sites for hydroxylation is 1. The van der Waals surface area contributed by atoms with E-state index in [9.17, 15) is 14.4 Å². The van der Waals surface area contributed by atoms with Crippen LogP contribution in [0, 0.1) is 0 Å². The van der Waals surface area contributed by atoms with Gasteiger partial charge in [0.05, 0.1) is 0 Å². The Morgan fingerprint density at radius 2 is 2.09 bits per heavy atom. The van der Waals surface area contributed by atoms with E-state index in [0.717, 1.165) is 24.0 Å². The van der Waals surface area contributed by atoms with Gasteiger partial charge in [0.2, 0.25) is 11.8 Å². The molecule has 0 spiro atoms. The first-order chi connectivity index (χ1) is 10.6. The molecule has 6 heteroatoms. The molecule has 1 fully saturated rings. The topological polar surface area (TPSA) is 66.5 Å². The molecular weight excluding hydrogens is 304 g/mol. The normalized spacial score (nSPS) is 21.0. The molecule has 3 rings (SSSR count). The first-order valence-corrected chi connectivity index (χ1v) is 7.96. The van der Waals surface area contributed by atoms with Gasteiger partial charge < -0.3 is 4.90 Å². The number of carbonyl (C=O) groups is 3. The fraction of sp³-hybridized carbons (Fsp3) is 0.438. The average molecular weight is 321 g/mol. The number of alkyl halides is 1. The summed E-state index contributed by atoms with van der Waals surface area (Å²) >= 11 is 5.75. The van der Waals surface area contributed by atoms with E-state index >= 15 is 0 Å². The summed E-state index contributed by atoms with van der Waals surface area (Å²) in [7, 11) is 0. The molecule has 0 bridgehead atoms. The molecule has 0 saturated carbocycles. The maximum atomic E-state index is 12.6. The van der Waals surface area contributed by atoms with Gasteiger partial charge in [0, 0.05) is 24.4 Å². The lowest BCUT2D eigenvalue weighted by Crippen LogP contribution is -2.52. The maximum absolute atomic E-state index is 12.6. The maximum Gasteiger partial charge on any atom is 0.255 e. The monoisotopic (exact) mass is 320 g/mol. The van der Waals surface area contributed by atoms with Crippen LogP contribution in [0.2, 0.25) is 0 Å². The van der Waals surface area contributed by atoms with Crippen molar-refractivity contribution in [2.45, 2.75) is 38.3 Å². The first-order valence-electron chi connectivity index (χ1n) is 7.43. The van der Waals surface area contributed by atoms with Gasteiger partial charge in [0.1, 0.15) is 6.04 Å². The van der Waals surface area contributed by atoms with Crippen molar-refractivity contribution in [1.29, 1.82) is 0 Å². The van der Waals surface area contributed by atoms with Gasteiger partial charge in [-0.05, 0) is 36.5 Å². The predicted molar refractivity (Wildman–Crippen MR) is 81.5 cm³/mol. The molecule has 22 heavy (non-hydrogen) atoms. The highest BCUT2D eigenvalue weighted by atomic mass is 35.5. The second kappa shape index (κ2) is 6.08. The van der Waals surface area contributed by atoms with E-state index in [-0.39, 0.29) is 24.1 Å². The molecule has 3 amide bonds. The van der Waals surface area contributed by atoms with Crippen LogP contribution in [0.15, 0.2) is 18.2 Å². The van der Waals surface area contributed by atoms with Gasteiger partial charge in [-0.15, -0.1) is 11.6 Å². The number of benzene rings is 1. The van der Waals surface area contributed by atoms with E-state index in [1.165, 1.54) is 0 Å². The minimum atomic E-state index is -0.557. The van der Waals surface area contributed by atoms with Crippen LogP contribution in [0.25, 0.3) is 0 Å². The van der Waals surface area contributed by atoms with Crippen LogP contribution in [-0.4, -0.2) is 34.5 Å². The Balaban J connectivity index is 1.84.